The van der Waals surface area contributed by atoms with E-state index in [-0.39, 0.29) is 17.1 Å². The highest BCUT2D eigenvalue weighted by Crippen LogP contribution is 2.31. The normalized spacial score (nSPS) is 11.3. The van der Waals surface area contributed by atoms with Gasteiger partial charge in [0.25, 0.3) is 5.69 Å². The molecule has 0 aliphatic heterocycles. The first-order valence-electron chi connectivity index (χ1n) is 10.1. The Balaban J connectivity index is 1.56. The number of anilines is 1. The number of nitro benzene ring substituents is 1. The molecule has 0 saturated carbocycles. The lowest BCUT2D eigenvalue weighted by molar-refractivity contribution is -0.384. The van der Waals surface area contributed by atoms with Crippen molar-refractivity contribution in [3.63, 3.8) is 0 Å². The van der Waals surface area contributed by atoms with Crippen molar-refractivity contribution in [1.82, 2.24) is 14.8 Å². The molecule has 1 amide bonds. The molecule has 0 saturated heterocycles. The van der Waals surface area contributed by atoms with Crippen molar-refractivity contribution in [1.29, 1.82) is 0 Å². The highest BCUT2D eigenvalue weighted by atomic mass is 32.2. The van der Waals surface area contributed by atoms with Crippen molar-refractivity contribution in [3.05, 3.63) is 94.5 Å². The van der Waals surface area contributed by atoms with Gasteiger partial charge in [0.2, 0.25) is 5.91 Å². The minimum Gasteiger partial charge on any atom is -0.325 e. The Morgan fingerprint density at radius 2 is 1.71 bits per heavy atom. The Morgan fingerprint density at radius 1 is 1.00 bits per heavy atom. The molecule has 0 bridgehead atoms. The fourth-order valence-electron chi connectivity index (χ4n) is 3.19. The molecule has 1 heterocycles. The first-order valence-corrected chi connectivity index (χ1v) is 11.1. The van der Waals surface area contributed by atoms with Crippen LogP contribution in [0.25, 0.3) is 17.1 Å². The van der Waals surface area contributed by atoms with Gasteiger partial charge in [-0.15, -0.1) is 10.2 Å². The van der Waals surface area contributed by atoms with Gasteiger partial charge in [0.05, 0.1) is 16.2 Å². The van der Waals surface area contributed by atoms with Gasteiger partial charge >= 0.3 is 6.18 Å². The van der Waals surface area contributed by atoms with Crippen molar-refractivity contribution < 1.29 is 22.9 Å². The average molecular weight is 499 g/mol. The predicted octanol–water partition coefficient (Wildman–Crippen LogP) is 5.59. The molecule has 0 fully saturated rings. The molecule has 4 rings (SSSR count). The van der Waals surface area contributed by atoms with Gasteiger partial charge in [-0.1, -0.05) is 36.0 Å². The van der Waals surface area contributed by atoms with E-state index in [1.807, 2.05) is 30.3 Å². The van der Waals surface area contributed by atoms with Gasteiger partial charge in [0.15, 0.2) is 11.0 Å². The summed E-state index contributed by atoms with van der Waals surface area (Å²) < 4.78 is 40.4. The van der Waals surface area contributed by atoms with Crippen molar-refractivity contribution in [2.24, 2.45) is 0 Å². The summed E-state index contributed by atoms with van der Waals surface area (Å²) in [6.07, 6.45) is -4.52. The maximum Gasteiger partial charge on any atom is 0.416 e. The first-order chi connectivity index (χ1) is 16.7. The SMILES string of the molecule is O=C(CSc1nnc(-c2ccc([N+](=O)[O-])cc2)n1-c1ccccc1)Nc1cccc(C(F)(F)F)c1. The first kappa shape index (κ1) is 24.0. The van der Waals surface area contributed by atoms with E-state index in [4.69, 9.17) is 0 Å². The number of thioether (sulfide) groups is 1. The molecular formula is C23H16F3N5O3S. The van der Waals surface area contributed by atoms with Gasteiger partial charge in [-0.05, 0) is 42.5 Å². The van der Waals surface area contributed by atoms with Crippen LogP contribution in [0.3, 0.4) is 0 Å². The maximum atomic E-state index is 12.9. The number of nitrogens with zero attached hydrogens (tertiary/aromatic N) is 4. The summed E-state index contributed by atoms with van der Waals surface area (Å²) in [5.74, 6) is -0.248. The smallest absolute Gasteiger partial charge is 0.325 e. The summed E-state index contributed by atoms with van der Waals surface area (Å²) in [5, 5.41) is 22.2. The second-order valence-corrected chi connectivity index (χ2v) is 8.14. The van der Waals surface area contributed by atoms with E-state index in [1.54, 1.807) is 16.7 Å². The van der Waals surface area contributed by atoms with E-state index >= 15 is 0 Å². The van der Waals surface area contributed by atoms with Crippen molar-refractivity contribution in [2.75, 3.05) is 11.1 Å². The van der Waals surface area contributed by atoms with Crippen molar-refractivity contribution >= 4 is 29.0 Å². The van der Waals surface area contributed by atoms with Gasteiger partial charge in [0.1, 0.15) is 0 Å². The number of para-hydroxylation sites is 1. The lowest BCUT2D eigenvalue weighted by atomic mass is 10.2. The highest BCUT2D eigenvalue weighted by molar-refractivity contribution is 7.99. The molecule has 8 nitrogen and oxygen atoms in total. The number of alkyl halides is 3. The molecule has 0 aliphatic rings. The standard InChI is InChI=1S/C23H16F3N5O3S/c24-23(25,26)16-5-4-6-17(13-16)27-20(32)14-35-22-29-28-21(30(22)18-7-2-1-3-8-18)15-9-11-19(12-10-15)31(33)34/h1-13H,14H2,(H,27,32). The largest absolute Gasteiger partial charge is 0.416 e. The molecule has 0 spiro atoms. The van der Waals surface area contributed by atoms with E-state index in [9.17, 15) is 28.1 Å². The van der Waals surface area contributed by atoms with Crippen LogP contribution in [0.1, 0.15) is 5.56 Å². The number of aromatic nitrogens is 3. The van der Waals surface area contributed by atoms with Crippen LogP contribution in [0.2, 0.25) is 0 Å². The summed E-state index contributed by atoms with van der Waals surface area (Å²) in [4.78, 5) is 22.9. The van der Waals surface area contributed by atoms with Crippen LogP contribution in [0, 0.1) is 10.1 Å². The molecule has 178 valence electrons. The molecule has 1 aromatic heterocycles. The molecule has 35 heavy (non-hydrogen) atoms. The molecular weight excluding hydrogens is 483 g/mol. The predicted molar refractivity (Wildman–Crippen MR) is 124 cm³/mol. The highest BCUT2D eigenvalue weighted by Gasteiger charge is 2.30. The van der Waals surface area contributed by atoms with Gasteiger partial charge in [-0.25, -0.2) is 0 Å². The summed E-state index contributed by atoms with van der Waals surface area (Å²) >= 11 is 1.05. The number of carbonyl (C=O) groups is 1. The molecule has 3 aromatic carbocycles. The fraction of sp³-hybridized carbons (Fsp3) is 0.0870. The summed E-state index contributed by atoms with van der Waals surface area (Å²) in [7, 11) is 0. The van der Waals surface area contributed by atoms with E-state index in [1.165, 1.54) is 24.3 Å². The average Bonchev–Trinajstić information content (AvgIpc) is 3.27. The summed E-state index contributed by atoms with van der Waals surface area (Å²) in [5.41, 5.74) is 0.375. The van der Waals surface area contributed by atoms with Crippen LogP contribution in [-0.4, -0.2) is 31.3 Å². The van der Waals surface area contributed by atoms with Crippen LogP contribution in [-0.2, 0) is 11.0 Å². The monoisotopic (exact) mass is 499 g/mol. The number of hydrogen-bond acceptors (Lipinski definition) is 6. The van der Waals surface area contributed by atoms with Crippen LogP contribution in [0.15, 0.2) is 84.0 Å². The number of hydrogen-bond donors (Lipinski definition) is 1. The Kier molecular flexibility index (Phi) is 6.82. The van der Waals surface area contributed by atoms with E-state index in [0.717, 1.165) is 23.9 Å². The molecule has 1 N–H and O–H groups in total. The Hall–Kier alpha value is -4.19. The molecule has 0 unspecified atom stereocenters. The zero-order chi connectivity index (χ0) is 25.0. The third kappa shape index (κ3) is 5.66. The van der Waals surface area contributed by atoms with Crippen LogP contribution < -0.4 is 5.32 Å². The Morgan fingerprint density at radius 3 is 2.37 bits per heavy atom. The molecule has 0 aliphatic carbocycles. The van der Waals surface area contributed by atoms with Crippen LogP contribution in [0.5, 0.6) is 0 Å². The Labute approximate surface area is 201 Å². The van der Waals surface area contributed by atoms with Gasteiger partial charge in [0, 0.05) is 29.1 Å². The van der Waals surface area contributed by atoms with Gasteiger partial charge in [-0.3, -0.25) is 19.5 Å². The van der Waals surface area contributed by atoms with E-state index < -0.39 is 22.6 Å². The minimum atomic E-state index is -4.52. The maximum absolute atomic E-state index is 12.9. The number of amides is 1. The third-order valence-electron chi connectivity index (χ3n) is 4.79. The van der Waals surface area contributed by atoms with Crippen LogP contribution >= 0.6 is 11.8 Å². The molecule has 12 heteroatoms. The lowest BCUT2D eigenvalue weighted by Gasteiger charge is -2.11. The molecule has 0 atom stereocenters. The molecule has 0 radical (unpaired) electrons. The van der Waals surface area contributed by atoms with E-state index in [0.29, 0.717) is 22.2 Å². The lowest BCUT2D eigenvalue weighted by Crippen LogP contribution is -2.15. The zero-order valence-electron chi connectivity index (χ0n) is 17.8. The topological polar surface area (TPSA) is 103 Å². The summed E-state index contributed by atoms with van der Waals surface area (Å²) in [6, 6.07) is 19.3. The van der Waals surface area contributed by atoms with Gasteiger partial charge < -0.3 is 5.32 Å². The number of rotatable bonds is 7. The minimum absolute atomic E-state index is 0.0292. The second-order valence-electron chi connectivity index (χ2n) is 7.20. The number of nitro groups is 1. The van der Waals surface area contributed by atoms with Crippen molar-refractivity contribution in [2.45, 2.75) is 11.3 Å². The van der Waals surface area contributed by atoms with Crippen LogP contribution in [0.4, 0.5) is 24.5 Å². The van der Waals surface area contributed by atoms with Crippen molar-refractivity contribution in [3.8, 4) is 17.1 Å². The van der Waals surface area contributed by atoms with E-state index in [2.05, 4.69) is 15.5 Å². The molecule has 4 aromatic rings. The number of carbonyl (C=O) groups excluding carboxylic acids is 1. The van der Waals surface area contributed by atoms with Gasteiger partial charge in [-0.2, -0.15) is 13.2 Å². The number of halogens is 3. The Bertz CT molecular complexity index is 1360. The quantitative estimate of drug-likeness (QED) is 0.202. The third-order valence-corrected chi connectivity index (χ3v) is 5.72. The fourth-order valence-corrected chi connectivity index (χ4v) is 3.94. The summed E-state index contributed by atoms with van der Waals surface area (Å²) in [6.45, 7) is 0. The number of non-ortho nitro benzene ring substituents is 1. The second kappa shape index (κ2) is 9.97. The number of nitrogens with one attached hydrogen (secondary N) is 1. The zero-order valence-corrected chi connectivity index (χ0v) is 18.6. The number of benzene rings is 3.